The molecule has 0 atom stereocenters. The molecule has 0 unspecified atom stereocenters. The van der Waals surface area contributed by atoms with Gasteiger partial charge in [0.1, 0.15) is 23.0 Å². The van der Waals surface area contributed by atoms with E-state index in [4.69, 9.17) is 28.4 Å². The second-order valence-electron chi connectivity index (χ2n) is 14.3. The number of carbonyl (C=O) groups excluding carboxylic acids is 4. The number of alkyl halides is 10. The fourth-order valence-electron chi connectivity index (χ4n) is 5.17. The second kappa shape index (κ2) is 23.4. The van der Waals surface area contributed by atoms with Crippen LogP contribution in [-0.4, -0.2) is 74.5 Å². The Labute approximate surface area is 370 Å². The third kappa shape index (κ3) is 16.9. The van der Waals surface area contributed by atoms with Gasteiger partial charge < -0.3 is 28.4 Å². The van der Waals surface area contributed by atoms with Crippen molar-refractivity contribution >= 4 is 36.0 Å². The van der Waals surface area contributed by atoms with Gasteiger partial charge in [-0.15, -0.1) is 0 Å². The van der Waals surface area contributed by atoms with E-state index in [2.05, 4.69) is 0 Å². The number of halogens is 10. The van der Waals surface area contributed by atoms with Crippen LogP contribution >= 0.6 is 0 Å². The zero-order chi connectivity index (χ0) is 48.5. The first-order valence-corrected chi connectivity index (χ1v) is 19.7. The fraction of sp³-hybridized carbons (Fsp3) is 0.304. The van der Waals surface area contributed by atoms with Gasteiger partial charge in [-0.25, -0.2) is 19.2 Å². The van der Waals surface area contributed by atoms with Crippen LogP contribution in [0.3, 0.4) is 0 Å². The first-order valence-electron chi connectivity index (χ1n) is 19.7. The van der Waals surface area contributed by atoms with E-state index in [9.17, 15) is 63.1 Å². The lowest BCUT2D eigenvalue weighted by molar-refractivity contribution is -0.284. The van der Waals surface area contributed by atoms with E-state index in [1.807, 2.05) is 0 Å². The molecule has 0 fully saturated rings. The Morgan fingerprint density at radius 3 is 1.12 bits per heavy atom. The van der Waals surface area contributed by atoms with E-state index >= 15 is 0 Å². The van der Waals surface area contributed by atoms with E-state index in [-0.39, 0.29) is 53.3 Å². The van der Waals surface area contributed by atoms with Crippen LogP contribution in [0.1, 0.15) is 64.4 Å². The quantitative estimate of drug-likeness (QED) is 0.0247. The molecule has 0 heterocycles. The van der Waals surface area contributed by atoms with Crippen LogP contribution in [-0.2, 0) is 19.1 Å². The number of carbonyl (C=O) groups is 4. The molecule has 0 spiro atoms. The summed E-state index contributed by atoms with van der Waals surface area (Å²) in [6.45, 7) is 0.757. The number of hydrogen-bond donors (Lipinski definition) is 0. The zero-order valence-corrected chi connectivity index (χ0v) is 34.6. The molecule has 0 aliphatic rings. The van der Waals surface area contributed by atoms with Gasteiger partial charge in [0.25, 0.3) is 0 Å². The minimum absolute atomic E-state index is 0.0702. The molecule has 0 aromatic heterocycles. The molecule has 0 aliphatic carbocycles. The van der Waals surface area contributed by atoms with Crippen LogP contribution in [0.4, 0.5) is 43.9 Å². The van der Waals surface area contributed by atoms with E-state index < -0.39 is 87.0 Å². The molecule has 66 heavy (non-hydrogen) atoms. The molecule has 0 amide bonds. The summed E-state index contributed by atoms with van der Waals surface area (Å²) >= 11 is 0. The van der Waals surface area contributed by atoms with Crippen LogP contribution in [0.25, 0.3) is 12.2 Å². The summed E-state index contributed by atoms with van der Waals surface area (Å²) in [4.78, 5) is 49.6. The summed E-state index contributed by atoms with van der Waals surface area (Å²) < 4.78 is 157. The molecule has 0 saturated carbocycles. The molecule has 10 nitrogen and oxygen atoms in total. The van der Waals surface area contributed by atoms with Gasteiger partial charge in [0.15, 0.2) is 0 Å². The third-order valence-electron chi connectivity index (χ3n) is 8.84. The Bertz CT molecular complexity index is 2110. The van der Waals surface area contributed by atoms with Crippen molar-refractivity contribution in [3.8, 4) is 23.0 Å². The standard InChI is InChI=1S/C46H40F10O10/c1-30(28-63-39(57)22-8-31-4-14-37(15-5-31)65-41(59)33-10-18-35(19-11-33)61-26-2-24-43(47,48)45(51,52)53)29-64-40(58)23-9-32-6-16-38(17-7-32)66-42(60)34-12-20-36(21-13-34)62-27-3-25-44(49,50)46(54,55)56/h4-23,30H,2-3,24-29H2,1H3/b22-8+,23-9+. The Hall–Kier alpha value is -6.86. The Kier molecular flexibility index (Phi) is 18.3. The molecular formula is C46H40F10O10. The van der Waals surface area contributed by atoms with E-state index in [1.165, 1.54) is 97.1 Å². The highest BCUT2D eigenvalue weighted by atomic mass is 19.4. The van der Waals surface area contributed by atoms with Gasteiger partial charge in [0.05, 0.1) is 37.6 Å². The van der Waals surface area contributed by atoms with Gasteiger partial charge in [0.2, 0.25) is 0 Å². The maximum absolute atomic E-state index is 13.0. The second-order valence-corrected chi connectivity index (χ2v) is 14.3. The van der Waals surface area contributed by atoms with Crippen LogP contribution in [0.15, 0.2) is 109 Å². The summed E-state index contributed by atoms with van der Waals surface area (Å²) in [6.07, 6.45) is -9.98. The van der Waals surface area contributed by atoms with Gasteiger partial charge in [0, 0.05) is 30.9 Å². The topological polar surface area (TPSA) is 124 Å². The fourth-order valence-corrected chi connectivity index (χ4v) is 5.17. The largest absolute Gasteiger partial charge is 0.494 e. The molecule has 4 rings (SSSR count). The molecule has 20 heteroatoms. The maximum atomic E-state index is 13.0. The first kappa shape index (κ1) is 51.8. The van der Waals surface area contributed by atoms with Crippen LogP contribution in [0.2, 0.25) is 0 Å². The summed E-state index contributed by atoms with van der Waals surface area (Å²) in [7, 11) is 0. The lowest BCUT2D eigenvalue weighted by Crippen LogP contribution is -2.36. The minimum Gasteiger partial charge on any atom is -0.494 e. The predicted octanol–water partition coefficient (Wildman–Crippen LogP) is 11.3. The van der Waals surface area contributed by atoms with Gasteiger partial charge in [-0.1, -0.05) is 31.2 Å². The molecular weight excluding hydrogens is 902 g/mol. The molecule has 4 aromatic carbocycles. The van der Waals surface area contributed by atoms with Gasteiger partial charge in [-0.05, 0) is 109 Å². The van der Waals surface area contributed by atoms with Gasteiger partial charge in [-0.3, -0.25) is 0 Å². The monoisotopic (exact) mass is 942 g/mol. The van der Waals surface area contributed by atoms with E-state index in [0.717, 1.165) is 0 Å². The van der Waals surface area contributed by atoms with Gasteiger partial charge >= 0.3 is 48.1 Å². The maximum Gasteiger partial charge on any atom is 0.453 e. The number of rotatable bonds is 22. The zero-order valence-electron chi connectivity index (χ0n) is 34.6. The van der Waals surface area contributed by atoms with Crippen molar-refractivity contribution in [2.45, 2.75) is 56.8 Å². The molecule has 0 N–H and O–H groups in total. The number of benzene rings is 4. The third-order valence-corrected chi connectivity index (χ3v) is 8.84. The van der Waals surface area contributed by atoms with Crippen molar-refractivity contribution < 1.29 is 91.5 Å². The minimum atomic E-state index is -5.64. The highest BCUT2D eigenvalue weighted by Crippen LogP contribution is 2.40. The summed E-state index contributed by atoms with van der Waals surface area (Å²) in [5.41, 5.74) is 1.34. The van der Waals surface area contributed by atoms with Crippen LogP contribution < -0.4 is 18.9 Å². The molecule has 4 aromatic rings. The summed E-state index contributed by atoms with van der Waals surface area (Å²) in [6, 6.07) is 22.8. The molecule has 354 valence electrons. The van der Waals surface area contributed by atoms with E-state index in [1.54, 1.807) is 31.2 Å². The van der Waals surface area contributed by atoms with Crippen molar-refractivity contribution in [1.29, 1.82) is 0 Å². The lowest BCUT2D eigenvalue weighted by atomic mass is 10.2. The molecule has 0 aliphatic heterocycles. The Morgan fingerprint density at radius 1 is 0.485 bits per heavy atom. The smallest absolute Gasteiger partial charge is 0.453 e. The highest BCUT2D eigenvalue weighted by molar-refractivity contribution is 5.92. The Balaban J connectivity index is 1.10. The molecule has 0 radical (unpaired) electrons. The summed E-state index contributed by atoms with van der Waals surface area (Å²) in [5.74, 6) is -12.2. The van der Waals surface area contributed by atoms with Crippen LogP contribution in [0, 0.1) is 5.92 Å². The number of ether oxygens (including phenoxy) is 6. The van der Waals surface area contributed by atoms with Gasteiger partial charge in [-0.2, -0.15) is 43.9 Å². The van der Waals surface area contributed by atoms with Crippen LogP contribution in [0.5, 0.6) is 23.0 Å². The average Bonchev–Trinajstić information content (AvgIpc) is 3.27. The van der Waals surface area contributed by atoms with Crippen molar-refractivity contribution in [3.63, 3.8) is 0 Å². The van der Waals surface area contributed by atoms with Crippen molar-refractivity contribution in [2.75, 3.05) is 26.4 Å². The lowest BCUT2D eigenvalue weighted by Gasteiger charge is -2.19. The first-order chi connectivity index (χ1) is 31.0. The SMILES string of the molecule is CC(COC(=O)/C=C/c1ccc(OC(=O)c2ccc(OCCCC(F)(F)C(F)(F)F)cc2)cc1)COC(=O)/C=C/c1ccc(OC(=O)c2ccc(OCCCC(F)(F)C(F)(F)F)cc2)cc1. The van der Waals surface area contributed by atoms with Crippen molar-refractivity contribution in [2.24, 2.45) is 5.92 Å². The normalized spacial score (nSPS) is 12.3. The average molecular weight is 943 g/mol. The highest BCUT2D eigenvalue weighted by Gasteiger charge is 2.57. The van der Waals surface area contributed by atoms with E-state index in [0.29, 0.717) is 11.1 Å². The number of hydrogen-bond acceptors (Lipinski definition) is 10. The predicted molar refractivity (Wildman–Crippen MR) is 216 cm³/mol. The molecule has 0 bridgehead atoms. The number of esters is 4. The van der Waals surface area contributed by atoms with Crippen molar-refractivity contribution in [1.82, 2.24) is 0 Å². The van der Waals surface area contributed by atoms with Crippen molar-refractivity contribution in [3.05, 3.63) is 131 Å². The summed E-state index contributed by atoms with van der Waals surface area (Å²) in [5, 5.41) is 0. The molecule has 0 saturated heterocycles. The Morgan fingerprint density at radius 2 is 0.803 bits per heavy atom.